The van der Waals surface area contributed by atoms with Gasteiger partial charge in [-0.1, -0.05) is 18.2 Å². The fourth-order valence-corrected chi connectivity index (χ4v) is 7.18. The van der Waals surface area contributed by atoms with Gasteiger partial charge >= 0.3 is 236 Å². The summed E-state index contributed by atoms with van der Waals surface area (Å²) >= 11 is 0. The molecule has 0 atom stereocenters. The third kappa shape index (κ3) is 28.5. The van der Waals surface area contributed by atoms with Crippen molar-refractivity contribution in [3.05, 3.63) is 70.8 Å². The standard InChI is InChI=1S/C18H24O12P2.C18H22O12P2.8Na/c2*1-25-13-8-7-12(16(29-31(19,20)21)18(13)30-32(22,23)24)6-5-11-9-14(26-2)17(28-4)15(10-11)27-3;;;;;;;;/h7-10H,5-6H2,1-4H3,(H2,19,20,21)(H2,22,23,24);5-10H,1-4H3,(H2,19,20,21)(H2,22,23,24);;;;;;;;/q;;8*+1/p-8/b;6-5-;;;;;;;;. The van der Waals surface area contributed by atoms with E-state index in [-0.39, 0.29) is 272 Å². The predicted molar refractivity (Wildman–Crippen MR) is 207 cm³/mol. The van der Waals surface area contributed by atoms with Gasteiger partial charge < -0.3 is 113 Å². The summed E-state index contributed by atoms with van der Waals surface area (Å²) in [5.74, 6) is -1.91. The van der Waals surface area contributed by atoms with Crippen LogP contribution in [0.15, 0.2) is 48.5 Å². The average molecular weight is 1160 g/mol. The molecule has 0 aliphatic carbocycles. The number of phosphoric acid groups is 4. The Hall–Kier alpha value is 2.82. The molecule has 0 heterocycles. The molecule has 0 unspecified atom stereocenters. The summed E-state index contributed by atoms with van der Waals surface area (Å²) in [5, 5.41) is 0. The molecule has 0 bridgehead atoms. The van der Waals surface area contributed by atoms with Crippen LogP contribution in [0.4, 0.5) is 0 Å². The van der Waals surface area contributed by atoms with E-state index in [0.717, 1.165) is 14.2 Å². The molecule has 4 rings (SSSR count). The maximum absolute atomic E-state index is 11.3. The Bertz CT molecular complexity index is 2450. The van der Waals surface area contributed by atoms with Gasteiger partial charge in [0.1, 0.15) is 31.3 Å². The minimum atomic E-state index is -5.69. The number of ether oxygens (including phenoxy) is 8. The van der Waals surface area contributed by atoms with E-state index in [9.17, 15) is 57.4 Å². The molecule has 36 heteroatoms. The van der Waals surface area contributed by atoms with E-state index in [1.807, 2.05) is 0 Å². The Morgan fingerprint density at radius 2 is 0.681 bits per heavy atom. The van der Waals surface area contributed by atoms with Crippen LogP contribution < -0.4 is 332 Å². The van der Waals surface area contributed by atoms with E-state index in [0.29, 0.717) is 45.6 Å². The van der Waals surface area contributed by atoms with Crippen molar-refractivity contribution in [1.82, 2.24) is 0 Å². The van der Waals surface area contributed by atoms with Crippen molar-refractivity contribution in [2.75, 3.05) is 56.9 Å². The van der Waals surface area contributed by atoms with Crippen molar-refractivity contribution < 1.29 is 350 Å². The topological polar surface area (TPSA) is 364 Å². The van der Waals surface area contributed by atoms with Gasteiger partial charge in [-0.15, -0.1) is 0 Å². The van der Waals surface area contributed by atoms with Gasteiger partial charge in [-0.2, -0.15) is 0 Å². The Labute approximate surface area is 593 Å². The van der Waals surface area contributed by atoms with Crippen LogP contribution >= 0.6 is 31.3 Å². The van der Waals surface area contributed by atoms with E-state index in [1.165, 1.54) is 79.1 Å². The second kappa shape index (κ2) is 40.1. The summed E-state index contributed by atoms with van der Waals surface area (Å²) in [6.07, 6.45) is 2.99. The molecule has 0 N–H and O–H groups in total. The van der Waals surface area contributed by atoms with E-state index in [1.54, 1.807) is 24.3 Å². The van der Waals surface area contributed by atoms with Gasteiger partial charge in [0, 0.05) is 5.56 Å². The van der Waals surface area contributed by atoms with Gasteiger partial charge in [0.2, 0.25) is 23.0 Å². The second-order valence-electron chi connectivity index (χ2n) is 12.1. The quantitative estimate of drug-likeness (QED) is 0.0425. The summed E-state index contributed by atoms with van der Waals surface area (Å²) in [6, 6.07) is 11.5. The summed E-state index contributed by atoms with van der Waals surface area (Å²) in [4.78, 5) is 89.6. The first-order valence-electron chi connectivity index (χ1n) is 17.4. The van der Waals surface area contributed by atoms with Crippen LogP contribution in [-0.2, 0) is 31.1 Å². The van der Waals surface area contributed by atoms with Crippen LogP contribution in [-0.4, -0.2) is 56.9 Å². The van der Waals surface area contributed by atoms with E-state index >= 15 is 0 Å². The molecule has 0 aliphatic rings. The number of benzene rings is 4. The zero-order valence-corrected chi connectivity index (χ0v) is 62.4. The Kier molecular flexibility index (Phi) is 47.9. The third-order valence-corrected chi connectivity index (χ3v) is 9.69. The van der Waals surface area contributed by atoms with Crippen LogP contribution in [0.1, 0.15) is 22.3 Å². The molecule has 0 spiro atoms. The predicted octanol–water partition coefficient (Wildman–Crippen LogP) is -23.7. The first kappa shape index (κ1) is 86.1. The molecule has 0 fully saturated rings. The fourth-order valence-electron chi connectivity index (χ4n) is 5.55. The Balaban J connectivity index is -0.000000272. The molecule has 4 aromatic carbocycles. The van der Waals surface area contributed by atoms with Crippen molar-refractivity contribution in [2.45, 2.75) is 12.8 Å². The molecule has 354 valence electrons. The first-order valence-corrected chi connectivity index (χ1v) is 23.2. The molecule has 0 amide bonds. The van der Waals surface area contributed by atoms with Crippen LogP contribution in [0.25, 0.3) is 12.2 Å². The molecule has 0 aromatic heterocycles. The maximum atomic E-state index is 11.3. The molecule has 72 heavy (non-hydrogen) atoms. The largest absolute Gasteiger partial charge is 1.00 e. The average Bonchev–Trinajstić information content (AvgIpc) is 3.21. The summed E-state index contributed by atoms with van der Waals surface area (Å²) in [6.45, 7) is 0. The number of phosphoric ester groups is 4. The molecule has 0 saturated carbocycles. The second-order valence-corrected chi connectivity index (χ2v) is 16.4. The minimum Gasteiger partial charge on any atom is -0.780 e. The van der Waals surface area contributed by atoms with Crippen LogP contribution in [0.2, 0.25) is 0 Å². The fraction of sp³-hybridized carbons (Fsp3) is 0.278. The number of methoxy groups -OCH3 is 8. The van der Waals surface area contributed by atoms with Gasteiger partial charge in [-0.25, -0.2) is 0 Å². The minimum absolute atomic E-state index is 0. The first-order chi connectivity index (χ1) is 29.8. The summed E-state index contributed by atoms with van der Waals surface area (Å²) in [7, 11) is -11.9. The van der Waals surface area contributed by atoms with Gasteiger partial charge in [0.15, 0.2) is 46.0 Å². The summed E-state index contributed by atoms with van der Waals surface area (Å²) < 4.78 is 104. The monoisotopic (exact) mass is 1160 g/mol. The van der Waals surface area contributed by atoms with Crippen molar-refractivity contribution in [1.29, 1.82) is 0 Å². The Morgan fingerprint density at radius 1 is 0.361 bits per heavy atom. The third-order valence-electron chi connectivity index (χ3n) is 8.07. The number of hydrogen-bond acceptors (Lipinski definition) is 24. The summed E-state index contributed by atoms with van der Waals surface area (Å²) in [5.41, 5.74) is 1.09. The van der Waals surface area contributed by atoms with Gasteiger partial charge in [0.25, 0.3) is 0 Å². The molecule has 0 saturated heterocycles. The van der Waals surface area contributed by atoms with Gasteiger partial charge in [-0.3, -0.25) is 0 Å². The molecule has 4 aromatic rings. The van der Waals surface area contributed by atoms with Crippen molar-refractivity contribution in [3.8, 4) is 69.0 Å². The zero-order chi connectivity index (χ0) is 48.2. The SMILES string of the molecule is COc1cc(/C=C\c2ccc(OC)c(OP(=O)([O-])[O-])c2OP(=O)([O-])[O-])cc(OC)c1OC.COc1cc(CCc2ccc(OC)c(OP(=O)([O-])[O-])c2OP(=O)([O-])[O-])cc(OC)c1OC.[Na+].[Na+].[Na+].[Na+].[Na+].[Na+].[Na+].[Na+]. The number of hydrogen-bond donors (Lipinski definition) is 0. The van der Waals surface area contributed by atoms with Crippen LogP contribution in [0.3, 0.4) is 0 Å². The Morgan fingerprint density at radius 3 is 1.03 bits per heavy atom. The van der Waals surface area contributed by atoms with Crippen molar-refractivity contribution >= 4 is 43.4 Å². The zero-order valence-electron chi connectivity index (χ0n) is 42.8. The molecule has 24 nitrogen and oxygen atoms in total. The number of rotatable bonds is 21. The van der Waals surface area contributed by atoms with Crippen LogP contribution in [0.5, 0.6) is 69.0 Å². The molecule has 0 radical (unpaired) electrons. The van der Waals surface area contributed by atoms with E-state index in [2.05, 4.69) is 18.1 Å². The van der Waals surface area contributed by atoms with Gasteiger partial charge in [-0.05, 0) is 72.0 Å². The van der Waals surface area contributed by atoms with Crippen LogP contribution in [0, 0.1) is 0 Å². The van der Waals surface area contributed by atoms with Crippen molar-refractivity contribution in [2.24, 2.45) is 0 Å². The molecule has 0 aliphatic heterocycles. The van der Waals surface area contributed by atoms with E-state index in [4.69, 9.17) is 37.9 Å². The van der Waals surface area contributed by atoms with Crippen molar-refractivity contribution in [3.63, 3.8) is 0 Å². The van der Waals surface area contributed by atoms with Gasteiger partial charge in [0.05, 0.1) is 56.9 Å². The molecular weight excluding hydrogens is 1120 g/mol. The van der Waals surface area contributed by atoms with E-state index < -0.39 is 54.3 Å². The number of aryl methyl sites for hydroxylation is 2. The smallest absolute Gasteiger partial charge is 0.780 e. The molecular formula is C36H38Na8O24P4. The maximum Gasteiger partial charge on any atom is 1.00 e. The normalized spacial score (nSPS) is 10.4.